The Morgan fingerprint density at radius 1 is 1.17 bits per heavy atom. The molecule has 0 aliphatic rings. The maximum atomic E-state index is 13.0. The van der Waals surface area contributed by atoms with Crippen LogP contribution in [0.5, 0.6) is 0 Å². The molecule has 0 N–H and O–H groups in total. The molecule has 7 heteroatoms. The Balaban J connectivity index is 1.97. The van der Waals surface area contributed by atoms with Gasteiger partial charge in [-0.15, -0.1) is 0 Å². The molecular weight excluding hydrogens is 307 g/mol. The summed E-state index contributed by atoms with van der Waals surface area (Å²) < 4.78 is 40.3. The Morgan fingerprint density at radius 3 is 2.61 bits per heavy atom. The van der Waals surface area contributed by atoms with Crippen LogP contribution in [0, 0.1) is 5.82 Å². The van der Waals surface area contributed by atoms with E-state index in [1.807, 2.05) is 0 Å². The molecule has 1 aromatic carbocycles. The number of rotatable bonds is 4. The number of fused-ring (bicyclic) bond motifs is 1. The van der Waals surface area contributed by atoms with Crippen molar-refractivity contribution in [3.63, 3.8) is 0 Å². The SMILES string of the molecule is O=C(c1ccc2nccn2c1)N(CC(F)F)c1ccc(F)cc1. The van der Waals surface area contributed by atoms with E-state index in [2.05, 4.69) is 4.98 Å². The maximum Gasteiger partial charge on any atom is 0.259 e. The topological polar surface area (TPSA) is 37.6 Å². The van der Waals surface area contributed by atoms with E-state index in [4.69, 9.17) is 0 Å². The first-order chi connectivity index (χ1) is 11.0. The third kappa shape index (κ3) is 3.18. The van der Waals surface area contributed by atoms with Crippen molar-refractivity contribution in [3.05, 3.63) is 66.4 Å². The zero-order valence-corrected chi connectivity index (χ0v) is 11.9. The van der Waals surface area contributed by atoms with Gasteiger partial charge < -0.3 is 9.30 Å². The van der Waals surface area contributed by atoms with Crippen LogP contribution in [0.25, 0.3) is 5.65 Å². The average molecular weight is 319 g/mol. The molecule has 4 nitrogen and oxygen atoms in total. The van der Waals surface area contributed by atoms with Gasteiger partial charge in [0.05, 0.1) is 12.1 Å². The summed E-state index contributed by atoms with van der Waals surface area (Å²) in [6, 6.07) is 7.99. The Kier molecular flexibility index (Phi) is 4.01. The van der Waals surface area contributed by atoms with Crippen molar-refractivity contribution in [2.75, 3.05) is 11.4 Å². The average Bonchev–Trinajstić information content (AvgIpc) is 3.00. The zero-order chi connectivity index (χ0) is 16.4. The monoisotopic (exact) mass is 319 g/mol. The number of pyridine rings is 1. The Labute approximate surface area is 129 Å². The minimum atomic E-state index is -2.71. The van der Waals surface area contributed by atoms with Crippen LogP contribution in [0.3, 0.4) is 0 Å². The number of alkyl halides is 2. The van der Waals surface area contributed by atoms with Crippen LogP contribution in [0.4, 0.5) is 18.9 Å². The van der Waals surface area contributed by atoms with Crippen molar-refractivity contribution in [2.45, 2.75) is 6.43 Å². The predicted molar refractivity (Wildman–Crippen MR) is 79.3 cm³/mol. The highest BCUT2D eigenvalue weighted by Gasteiger charge is 2.22. The van der Waals surface area contributed by atoms with Gasteiger partial charge in [0.25, 0.3) is 12.3 Å². The number of hydrogen-bond donors (Lipinski definition) is 0. The molecule has 0 radical (unpaired) electrons. The third-order valence-electron chi connectivity index (χ3n) is 3.34. The molecule has 1 amide bonds. The summed E-state index contributed by atoms with van der Waals surface area (Å²) in [5, 5.41) is 0. The Hall–Kier alpha value is -2.83. The summed E-state index contributed by atoms with van der Waals surface area (Å²) in [7, 11) is 0. The van der Waals surface area contributed by atoms with E-state index in [0.717, 1.165) is 17.0 Å². The van der Waals surface area contributed by atoms with Crippen LogP contribution in [0.2, 0.25) is 0 Å². The minimum absolute atomic E-state index is 0.211. The third-order valence-corrected chi connectivity index (χ3v) is 3.34. The summed E-state index contributed by atoms with van der Waals surface area (Å²) >= 11 is 0. The van der Waals surface area contributed by atoms with Crippen LogP contribution >= 0.6 is 0 Å². The summed E-state index contributed by atoms with van der Waals surface area (Å²) in [6.07, 6.45) is 2.04. The fourth-order valence-corrected chi connectivity index (χ4v) is 2.27. The highest BCUT2D eigenvalue weighted by Crippen LogP contribution is 2.19. The number of benzene rings is 1. The number of aromatic nitrogens is 2. The molecule has 0 atom stereocenters. The standard InChI is InChI=1S/C16H12F3N3O/c17-12-2-4-13(5-3-12)22(10-14(18)19)16(23)11-1-6-15-20-7-8-21(15)9-11/h1-9,14H,10H2. The molecule has 0 aliphatic heterocycles. The van der Waals surface area contributed by atoms with Gasteiger partial charge in [0, 0.05) is 24.3 Å². The van der Waals surface area contributed by atoms with Gasteiger partial charge in [0.1, 0.15) is 11.5 Å². The highest BCUT2D eigenvalue weighted by molar-refractivity contribution is 6.06. The Morgan fingerprint density at radius 2 is 1.91 bits per heavy atom. The molecule has 0 bridgehead atoms. The molecule has 0 unspecified atom stereocenters. The second kappa shape index (κ2) is 6.12. The zero-order valence-electron chi connectivity index (χ0n) is 11.9. The first-order valence-corrected chi connectivity index (χ1v) is 6.83. The fraction of sp³-hybridized carbons (Fsp3) is 0.125. The van der Waals surface area contributed by atoms with Crippen LogP contribution in [0.1, 0.15) is 10.4 Å². The van der Waals surface area contributed by atoms with Crippen molar-refractivity contribution in [2.24, 2.45) is 0 Å². The van der Waals surface area contributed by atoms with E-state index in [0.29, 0.717) is 5.65 Å². The molecule has 0 saturated carbocycles. The quantitative estimate of drug-likeness (QED) is 0.739. The summed E-state index contributed by atoms with van der Waals surface area (Å²) in [6.45, 7) is -0.771. The van der Waals surface area contributed by atoms with E-state index in [1.54, 1.807) is 22.9 Å². The Bertz CT molecular complexity index is 830. The maximum absolute atomic E-state index is 13.0. The molecule has 2 aromatic heterocycles. The van der Waals surface area contributed by atoms with E-state index in [-0.39, 0.29) is 11.3 Å². The van der Waals surface area contributed by atoms with Gasteiger partial charge in [-0.2, -0.15) is 0 Å². The lowest BCUT2D eigenvalue weighted by atomic mass is 10.2. The smallest absolute Gasteiger partial charge is 0.259 e. The lowest BCUT2D eigenvalue weighted by Gasteiger charge is -2.22. The van der Waals surface area contributed by atoms with Crippen molar-refractivity contribution in [1.82, 2.24) is 9.38 Å². The van der Waals surface area contributed by atoms with Crippen LogP contribution < -0.4 is 4.90 Å². The van der Waals surface area contributed by atoms with E-state index in [1.165, 1.54) is 24.4 Å². The first-order valence-electron chi connectivity index (χ1n) is 6.83. The van der Waals surface area contributed by atoms with Crippen molar-refractivity contribution < 1.29 is 18.0 Å². The number of imidazole rings is 1. The highest BCUT2D eigenvalue weighted by atomic mass is 19.3. The van der Waals surface area contributed by atoms with Gasteiger partial charge in [0.2, 0.25) is 0 Å². The molecule has 0 saturated heterocycles. The number of nitrogens with zero attached hydrogens (tertiary/aromatic N) is 3. The molecule has 2 heterocycles. The minimum Gasteiger partial charge on any atom is -0.306 e. The first kappa shape index (κ1) is 15.1. The molecule has 0 fully saturated rings. The van der Waals surface area contributed by atoms with Gasteiger partial charge in [0.15, 0.2) is 0 Å². The molecule has 3 aromatic rings. The van der Waals surface area contributed by atoms with Gasteiger partial charge >= 0.3 is 0 Å². The molecule has 0 spiro atoms. The normalized spacial score (nSPS) is 11.1. The van der Waals surface area contributed by atoms with Gasteiger partial charge in [-0.3, -0.25) is 4.79 Å². The second-order valence-electron chi connectivity index (χ2n) is 4.89. The molecule has 0 aliphatic carbocycles. The van der Waals surface area contributed by atoms with Gasteiger partial charge in [-0.1, -0.05) is 0 Å². The van der Waals surface area contributed by atoms with Crippen molar-refractivity contribution in [3.8, 4) is 0 Å². The largest absolute Gasteiger partial charge is 0.306 e. The lowest BCUT2D eigenvalue weighted by Crippen LogP contribution is -2.35. The molecular formula is C16H12F3N3O. The predicted octanol–water partition coefficient (Wildman–Crippen LogP) is 3.39. The molecule has 23 heavy (non-hydrogen) atoms. The second-order valence-corrected chi connectivity index (χ2v) is 4.89. The molecule has 3 rings (SSSR count). The number of carbonyl (C=O) groups is 1. The fourth-order valence-electron chi connectivity index (χ4n) is 2.27. The van der Waals surface area contributed by atoms with E-state index >= 15 is 0 Å². The summed E-state index contributed by atoms with van der Waals surface area (Å²) in [5.74, 6) is -1.09. The van der Waals surface area contributed by atoms with Crippen LogP contribution in [-0.4, -0.2) is 28.3 Å². The van der Waals surface area contributed by atoms with Crippen LogP contribution in [0.15, 0.2) is 55.0 Å². The number of carbonyl (C=O) groups excluding carboxylic acids is 1. The number of hydrogen-bond acceptors (Lipinski definition) is 2. The summed E-state index contributed by atoms with van der Waals surface area (Å²) in [4.78, 5) is 17.6. The van der Waals surface area contributed by atoms with Gasteiger partial charge in [-0.05, 0) is 36.4 Å². The van der Waals surface area contributed by atoms with Crippen molar-refractivity contribution >= 4 is 17.2 Å². The van der Waals surface area contributed by atoms with E-state index < -0.39 is 24.7 Å². The van der Waals surface area contributed by atoms with Gasteiger partial charge in [-0.25, -0.2) is 18.2 Å². The number of anilines is 1. The van der Waals surface area contributed by atoms with Crippen LogP contribution in [-0.2, 0) is 0 Å². The number of amides is 1. The molecule has 118 valence electrons. The van der Waals surface area contributed by atoms with E-state index in [9.17, 15) is 18.0 Å². The summed E-state index contributed by atoms with van der Waals surface area (Å²) in [5.41, 5.74) is 1.09. The van der Waals surface area contributed by atoms with Crippen molar-refractivity contribution in [1.29, 1.82) is 0 Å². The lowest BCUT2D eigenvalue weighted by molar-refractivity contribution is 0.0945. The number of halogens is 3.